The van der Waals surface area contributed by atoms with E-state index in [0.29, 0.717) is 16.5 Å². The lowest BCUT2D eigenvalue weighted by Gasteiger charge is -2.32. The van der Waals surface area contributed by atoms with Crippen LogP contribution in [-0.2, 0) is 12.8 Å². The summed E-state index contributed by atoms with van der Waals surface area (Å²) in [4.78, 5) is 16.4. The van der Waals surface area contributed by atoms with E-state index in [1.807, 2.05) is 18.2 Å². The van der Waals surface area contributed by atoms with Gasteiger partial charge >= 0.3 is 0 Å². The standard InChI is InChI=1S/C24H30BrClN2O2/c1-27(2)24(29)20-13-18(14-21(26)15-20)8-11-28-9-6-17(7-10-28)12-19-16-22(30-3)4-5-23(19)25/h4-5,13-17H,6-12H2,1-3H3. The summed E-state index contributed by atoms with van der Waals surface area (Å²) in [6, 6.07) is 11.9. The summed E-state index contributed by atoms with van der Waals surface area (Å²) < 4.78 is 6.53. The van der Waals surface area contributed by atoms with E-state index in [-0.39, 0.29) is 5.91 Å². The zero-order chi connectivity index (χ0) is 21.7. The predicted octanol–water partition coefficient (Wildman–Crippen LogP) is 5.31. The molecule has 0 spiro atoms. The second kappa shape index (κ2) is 10.7. The van der Waals surface area contributed by atoms with Crippen molar-refractivity contribution in [2.24, 2.45) is 5.92 Å². The van der Waals surface area contributed by atoms with Crippen molar-refractivity contribution in [3.8, 4) is 5.75 Å². The number of amides is 1. The zero-order valence-electron chi connectivity index (χ0n) is 18.0. The van der Waals surface area contributed by atoms with Crippen LogP contribution in [0.15, 0.2) is 40.9 Å². The molecule has 1 heterocycles. The average Bonchev–Trinajstić information content (AvgIpc) is 2.73. The van der Waals surface area contributed by atoms with Crippen LogP contribution in [0.2, 0.25) is 5.02 Å². The molecule has 0 bridgehead atoms. The minimum Gasteiger partial charge on any atom is -0.497 e. The van der Waals surface area contributed by atoms with Gasteiger partial charge in [-0.15, -0.1) is 0 Å². The number of carbonyl (C=O) groups is 1. The number of hydrogen-bond acceptors (Lipinski definition) is 3. The first-order chi connectivity index (χ1) is 14.4. The lowest BCUT2D eigenvalue weighted by molar-refractivity contribution is 0.0827. The maximum absolute atomic E-state index is 12.3. The maximum atomic E-state index is 12.3. The Bertz CT molecular complexity index is 880. The van der Waals surface area contributed by atoms with Gasteiger partial charge in [0.05, 0.1) is 7.11 Å². The monoisotopic (exact) mass is 492 g/mol. The van der Waals surface area contributed by atoms with Gasteiger partial charge in [0.1, 0.15) is 5.75 Å². The Morgan fingerprint density at radius 2 is 1.93 bits per heavy atom. The predicted molar refractivity (Wildman–Crippen MR) is 127 cm³/mol. The first-order valence-electron chi connectivity index (χ1n) is 10.4. The molecule has 0 aliphatic carbocycles. The molecule has 30 heavy (non-hydrogen) atoms. The quantitative estimate of drug-likeness (QED) is 0.524. The summed E-state index contributed by atoms with van der Waals surface area (Å²) in [6.07, 6.45) is 4.38. The fourth-order valence-electron chi connectivity index (χ4n) is 4.02. The molecular weight excluding hydrogens is 464 g/mol. The molecular formula is C24H30BrClN2O2. The molecule has 4 nitrogen and oxygen atoms in total. The topological polar surface area (TPSA) is 32.8 Å². The molecule has 2 aromatic carbocycles. The normalized spacial score (nSPS) is 15.2. The number of rotatable bonds is 7. The summed E-state index contributed by atoms with van der Waals surface area (Å²) in [5.41, 5.74) is 3.10. The van der Waals surface area contributed by atoms with Crippen molar-refractivity contribution in [2.45, 2.75) is 25.7 Å². The number of nitrogens with zero attached hydrogens (tertiary/aromatic N) is 2. The molecule has 1 fully saturated rings. The van der Waals surface area contributed by atoms with Gasteiger partial charge in [0.25, 0.3) is 5.91 Å². The van der Waals surface area contributed by atoms with Crippen LogP contribution in [0.4, 0.5) is 0 Å². The first-order valence-corrected chi connectivity index (χ1v) is 11.6. The van der Waals surface area contributed by atoms with Crippen LogP contribution in [-0.4, -0.2) is 56.5 Å². The van der Waals surface area contributed by atoms with Gasteiger partial charge in [0.15, 0.2) is 0 Å². The molecule has 1 aliphatic heterocycles. The highest BCUT2D eigenvalue weighted by molar-refractivity contribution is 9.10. The van der Waals surface area contributed by atoms with Crippen LogP contribution in [0.25, 0.3) is 0 Å². The third-order valence-electron chi connectivity index (χ3n) is 5.80. The second-order valence-corrected chi connectivity index (χ2v) is 9.53. The Balaban J connectivity index is 1.51. The van der Waals surface area contributed by atoms with Crippen molar-refractivity contribution in [3.05, 3.63) is 62.6 Å². The molecule has 1 saturated heterocycles. The number of halogens is 2. The maximum Gasteiger partial charge on any atom is 0.253 e. The highest BCUT2D eigenvalue weighted by Crippen LogP contribution is 2.29. The lowest BCUT2D eigenvalue weighted by Crippen LogP contribution is -2.35. The van der Waals surface area contributed by atoms with E-state index < -0.39 is 0 Å². The van der Waals surface area contributed by atoms with Gasteiger partial charge in [0, 0.05) is 35.7 Å². The molecule has 3 rings (SSSR count). The van der Waals surface area contributed by atoms with Gasteiger partial charge in [-0.25, -0.2) is 0 Å². The molecule has 0 N–H and O–H groups in total. The van der Waals surface area contributed by atoms with Gasteiger partial charge in [-0.1, -0.05) is 27.5 Å². The van der Waals surface area contributed by atoms with Gasteiger partial charge in [-0.2, -0.15) is 0 Å². The van der Waals surface area contributed by atoms with Crippen molar-refractivity contribution in [1.82, 2.24) is 9.80 Å². The van der Waals surface area contributed by atoms with E-state index in [0.717, 1.165) is 48.3 Å². The van der Waals surface area contributed by atoms with Crippen molar-refractivity contribution in [1.29, 1.82) is 0 Å². The highest BCUT2D eigenvalue weighted by Gasteiger charge is 2.20. The second-order valence-electron chi connectivity index (χ2n) is 8.24. The third kappa shape index (κ3) is 6.22. The Hall–Kier alpha value is -1.56. The number of piperidine rings is 1. The Morgan fingerprint density at radius 3 is 2.60 bits per heavy atom. The zero-order valence-corrected chi connectivity index (χ0v) is 20.3. The molecule has 162 valence electrons. The van der Waals surface area contributed by atoms with Crippen LogP contribution >= 0.6 is 27.5 Å². The fraction of sp³-hybridized carbons (Fsp3) is 0.458. The minimum atomic E-state index is -0.0109. The summed E-state index contributed by atoms with van der Waals surface area (Å²) >= 11 is 9.93. The van der Waals surface area contributed by atoms with Crippen LogP contribution < -0.4 is 4.74 Å². The SMILES string of the molecule is COc1ccc(Br)c(CC2CCN(CCc3cc(Cl)cc(C(=O)N(C)C)c3)CC2)c1. The number of benzene rings is 2. The average molecular weight is 494 g/mol. The van der Waals surface area contributed by atoms with Gasteiger partial charge in [0.2, 0.25) is 0 Å². The molecule has 0 unspecified atom stereocenters. The Morgan fingerprint density at radius 1 is 1.20 bits per heavy atom. The molecule has 0 saturated carbocycles. The van der Waals surface area contributed by atoms with E-state index in [1.165, 1.54) is 18.4 Å². The Kier molecular flexibility index (Phi) is 8.20. The summed E-state index contributed by atoms with van der Waals surface area (Å²) in [5.74, 6) is 1.60. The van der Waals surface area contributed by atoms with Gasteiger partial charge < -0.3 is 14.5 Å². The smallest absolute Gasteiger partial charge is 0.253 e. The number of likely N-dealkylation sites (tertiary alicyclic amines) is 1. The van der Waals surface area contributed by atoms with Gasteiger partial charge in [-0.3, -0.25) is 4.79 Å². The van der Waals surface area contributed by atoms with Crippen LogP contribution in [0.1, 0.15) is 34.3 Å². The van der Waals surface area contributed by atoms with E-state index in [4.69, 9.17) is 16.3 Å². The molecule has 0 aromatic heterocycles. The van der Waals surface area contributed by atoms with Crippen LogP contribution in [0, 0.1) is 5.92 Å². The van der Waals surface area contributed by atoms with Crippen molar-refractivity contribution < 1.29 is 9.53 Å². The highest BCUT2D eigenvalue weighted by atomic mass is 79.9. The van der Waals surface area contributed by atoms with Crippen LogP contribution in [0.3, 0.4) is 0 Å². The lowest BCUT2D eigenvalue weighted by atomic mass is 9.90. The van der Waals surface area contributed by atoms with E-state index in [1.54, 1.807) is 32.2 Å². The van der Waals surface area contributed by atoms with Crippen molar-refractivity contribution >= 4 is 33.4 Å². The summed E-state index contributed by atoms with van der Waals surface area (Å²) in [7, 11) is 5.24. The Labute approximate surface area is 193 Å². The number of methoxy groups -OCH3 is 1. The van der Waals surface area contributed by atoms with E-state index in [2.05, 4.69) is 33.0 Å². The number of carbonyl (C=O) groups excluding carboxylic acids is 1. The molecule has 1 aliphatic rings. The molecule has 0 atom stereocenters. The van der Waals surface area contributed by atoms with Crippen molar-refractivity contribution in [2.75, 3.05) is 40.8 Å². The minimum absolute atomic E-state index is 0.0109. The molecule has 2 aromatic rings. The van der Waals surface area contributed by atoms with Gasteiger partial charge in [-0.05, 0) is 92.2 Å². The third-order valence-corrected chi connectivity index (χ3v) is 6.79. The van der Waals surface area contributed by atoms with E-state index >= 15 is 0 Å². The molecule has 6 heteroatoms. The summed E-state index contributed by atoms with van der Waals surface area (Å²) in [5, 5.41) is 0.625. The molecule has 1 amide bonds. The fourth-order valence-corrected chi connectivity index (χ4v) is 4.69. The molecule has 0 radical (unpaired) electrons. The first kappa shape index (κ1) is 23.1. The largest absolute Gasteiger partial charge is 0.497 e. The number of ether oxygens (including phenoxy) is 1. The van der Waals surface area contributed by atoms with Crippen molar-refractivity contribution in [3.63, 3.8) is 0 Å². The van der Waals surface area contributed by atoms with E-state index in [9.17, 15) is 4.79 Å². The van der Waals surface area contributed by atoms with Crippen LogP contribution in [0.5, 0.6) is 5.75 Å². The number of hydrogen-bond donors (Lipinski definition) is 0. The summed E-state index contributed by atoms with van der Waals surface area (Å²) in [6.45, 7) is 3.21.